The van der Waals surface area contributed by atoms with Crippen LogP contribution in [0.5, 0.6) is 0 Å². The molecule has 2 unspecified atom stereocenters. The molecule has 0 radical (unpaired) electrons. The Balaban J connectivity index is 1.76. The lowest BCUT2D eigenvalue weighted by atomic mass is 9.68. The fourth-order valence-corrected chi connectivity index (χ4v) is 4.25. The molecule has 1 N–H and O–H groups in total. The van der Waals surface area contributed by atoms with E-state index in [1.54, 1.807) is 0 Å². The molecular formula is C18H23NO2. The van der Waals surface area contributed by atoms with Crippen molar-refractivity contribution in [2.45, 2.75) is 46.6 Å². The summed E-state index contributed by atoms with van der Waals surface area (Å²) >= 11 is 0. The topological polar surface area (TPSA) is 46.2 Å². The van der Waals surface area contributed by atoms with E-state index in [1.807, 2.05) is 31.2 Å². The molecule has 21 heavy (non-hydrogen) atoms. The maximum atomic E-state index is 12.8. The number of hydrogen-bond acceptors (Lipinski definition) is 2. The quantitative estimate of drug-likeness (QED) is 0.868. The van der Waals surface area contributed by atoms with Crippen molar-refractivity contribution in [1.82, 2.24) is 5.32 Å². The standard InChI is InChI=1S/C18H23NO2/c1-12-4-6-13(7-5-12)11-19-16(21)18-9-8-14(10-15(18)20)17(18,2)3/h4-7,14H,8-11H2,1-3H3,(H,19,21). The van der Waals surface area contributed by atoms with Gasteiger partial charge >= 0.3 is 0 Å². The Bertz CT molecular complexity index is 588. The minimum absolute atomic E-state index is 0.0712. The molecule has 2 saturated carbocycles. The van der Waals surface area contributed by atoms with Gasteiger partial charge in [0, 0.05) is 13.0 Å². The maximum absolute atomic E-state index is 12.8. The molecule has 0 aliphatic heterocycles. The molecule has 112 valence electrons. The summed E-state index contributed by atoms with van der Waals surface area (Å²) in [6.07, 6.45) is 2.28. The van der Waals surface area contributed by atoms with E-state index >= 15 is 0 Å². The lowest BCUT2D eigenvalue weighted by Crippen LogP contribution is -2.49. The number of hydrogen-bond donors (Lipinski definition) is 1. The number of carbonyl (C=O) groups excluding carboxylic acids is 2. The van der Waals surface area contributed by atoms with Gasteiger partial charge in [-0.3, -0.25) is 9.59 Å². The second kappa shape index (κ2) is 4.69. The summed E-state index contributed by atoms with van der Waals surface area (Å²) < 4.78 is 0. The van der Waals surface area contributed by atoms with E-state index in [2.05, 4.69) is 19.2 Å². The third kappa shape index (κ3) is 1.94. The van der Waals surface area contributed by atoms with Crippen LogP contribution in [0, 0.1) is 23.7 Å². The number of Topliss-reactive ketones (excluding diaryl/α,β-unsaturated/α-hetero) is 1. The van der Waals surface area contributed by atoms with E-state index in [1.165, 1.54) is 5.56 Å². The highest BCUT2D eigenvalue weighted by Crippen LogP contribution is 2.63. The highest BCUT2D eigenvalue weighted by Gasteiger charge is 2.67. The molecule has 0 spiro atoms. The van der Waals surface area contributed by atoms with Crippen molar-refractivity contribution in [3.8, 4) is 0 Å². The van der Waals surface area contributed by atoms with Crippen LogP contribution in [0.1, 0.15) is 44.2 Å². The number of rotatable bonds is 3. The van der Waals surface area contributed by atoms with Gasteiger partial charge in [0.1, 0.15) is 11.2 Å². The van der Waals surface area contributed by atoms with Gasteiger partial charge in [-0.25, -0.2) is 0 Å². The molecule has 0 aromatic heterocycles. The normalized spacial score (nSPS) is 29.7. The zero-order valence-corrected chi connectivity index (χ0v) is 13.0. The van der Waals surface area contributed by atoms with Gasteiger partial charge in [-0.15, -0.1) is 0 Å². The molecule has 2 aliphatic carbocycles. The highest BCUT2D eigenvalue weighted by atomic mass is 16.2. The molecule has 1 amide bonds. The van der Waals surface area contributed by atoms with Crippen molar-refractivity contribution in [3.05, 3.63) is 35.4 Å². The van der Waals surface area contributed by atoms with Crippen molar-refractivity contribution in [2.24, 2.45) is 16.7 Å². The van der Waals surface area contributed by atoms with Crippen molar-refractivity contribution in [1.29, 1.82) is 0 Å². The van der Waals surface area contributed by atoms with Gasteiger partial charge in [0.15, 0.2) is 0 Å². The first-order valence-electron chi connectivity index (χ1n) is 7.75. The molecule has 3 heteroatoms. The Morgan fingerprint density at radius 1 is 1.29 bits per heavy atom. The zero-order chi connectivity index (χ0) is 15.3. The largest absolute Gasteiger partial charge is 0.351 e. The third-order valence-electron chi connectivity index (χ3n) is 5.86. The minimum Gasteiger partial charge on any atom is -0.351 e. The number of amides is 1. The van der Waals surface area contributed by atoms with Gasteiger partial charge in [0.2, 0.25) is 5.91 Å². The molecule has 2 aliphatic rings. The van der Waals surface area contributed by atoms with Crippen molar-refractivity contribution < 1.29 is 9.59 Å². The van der Waals surface area contributed by atoms with E-state index in [9.17, 15) is 9.59 Å². The van der Waals surface area contributed by atoms with Gasteiger partial charge in [0.05, 0.1) is 0 Å². The monoisotopic (exact) mass is 285 g/mol. The van der Waals surface area contributed by atoms with Crippen molar-refractivity contribution >= 4 is 11.7 Å². The Morgan fingerprint density at radius 3 is 2.48 bits per heavy atom. The number of benzene rings is 1. The van der Waals surface area contributed by atoms with E-state index in [4.69, 9.17) is 0 Å². The average Bonchev–Trinajstić information content (AvgIpc) is 2.81. The van der Waals surface area contributed by atoms with Crippen LogP contribution in [-0.4, -0.2) is 11.7 Å². The minimum atomic E-state index is -0.789. The molecule has 1 aromatic rings. The first kappa shape index (κ1) is 14.3. The number of aryl methyl sites for hydroxylation is 1. The van der Waals surface area contributed by atoms with E-state index in [0.29, 0.717) is 25.3 Å². The second-order valence-corrected chi connectivity index (χ2v) is 7.16. The molecular weight excluding hydrogens is 262 g/mol. The van der Waals surface area contributed by atoms with Crippen LogP contribution in [0.25, 0.3) is 0 Å². The molecule has 0 heterocycles. The lowest BCUT2D eigenvalue weighted by Gasteiger charge is -2.34. The van der Waals surface area contributed by atoms with Gasteiger partial charge in [0.25, 0.3) is 0 Å². The van der Waals surface area contributed by atoms with Crippen LogP contribution >= 0.6 is 0 Å². The summed E-state index contributed by atoms with van der Waals surface area (Å²) in [4.78, 5) is 25.2. The Kier molecular flexibility index (Phi) is 3.19. The summed E-state index contributed by atoms with van der Waals surface area (Å²) in [5.41, 5.74) is 1.28. The fraction of sp³-hybridized carbons (Fsp3) is 0.556. The first-order valence-corrected chi connectivity index (χ1v) is 7.75. The summed E-state index contributed by atoms with van der Waals surface area (Å²) in [6, 6.07) is 8.12. The predicted octanol–water partition coefficient (Wildman–Crippen LogP) is 3.01. The maximum Gasteiger partial charge on any atom is 0.234 e. The van der Waals surface area contributed by atoms with Crippen LogP contribution in [-0.2, 0) is 16.1 Å². The summed E-state index contributed by atoms with van der Waals surface area (Å²) in [5, 5.41) is 3.01. The van der Waals surface area contributed by atoms with Gasteiger partial charge < -0.3 is 5.32 Å². The van der Waals surface area contributed by atoms with E-state index in [-0.39, 0.29) is 17.1 Å². The highest BCUT2D eigenvalue weighted by molar-refractivity contribution is 6.09. The van der Waals surface area contributed by atoms with Gasteiger partial charge in [-0.1, -0.05) is 43.7 Å². The molecule has 2 bridgehead atoms. The van der Waals surface area contributed by atoms with Crippen LogP contribution in [0.15, 0.2) is 24.3 Å². The fourth-order valence-electron chi connectivity index (χ4n) is 4.25. The third-order valence-corrected chi connectivity index (χ3v) is 5.86. The van der Waals surface area contributed by atoms with Crippen LogP contribution in [0.4, 0.5) is 0 Å². The number of ketones is 1. The first-order chi connectivity index (χ1) is 9.88. The zero-order valence-electron chi connectivity index (χ0n) is 13.0. The average molecular weight is 285 g/mol. The number of nitrogens with one attached hydrogen (secondary N) is 1. The number of fused-ring (bicyclic) bond motifs is 2. The summed E-state index contributed by atoms with van der Waals surface area (Å²) in [7, 11) is 0. The van der Waals surface area contributed by atoms with Crippen LogP contribution in [0.3, 0.4) is 0 Å². The second-order valence-electron chi connectivity index (χ2n) is 7.16. The van der Waals surface area contributed by atoms with Crippen molar-refractivity contribution in [2.75, 3.05) is 0 Å². The molecule has 3 nitrogen and oxygen atoms in total. The van der Waals surface area contributed by atoms with Crippen LogP contribution < -0.4 is 5.32 Å². The number of carbonyl (C=O) groups is 2. The predicted molar refractivity (Wildman–Crippen MR) is 81.6 cm³/mol. The summed E-state index contributed by atoms with van der Waals surface area (Å²) in [5.74, 6) is 0.443. The Hall–Kier alpha value is -1.64. The van der Waals surface area contributed by atoms with E-state index < -0.39 is 5.41 Å². The smallest absolute Gasteiger partial charge is 0.234 e. The Morgan fingerprint density at radius 2 is 1.95 bits per heavy atom. The van der Waals surface area contributed by atoms with E-state index in [0.717, 1.165) is 12.0 Å². The van der Waals surface area contributed by atoms with Crippen molar-refractivity contribution in [3.63, 3.8) is 0 Å². The molecule has 1 aromatic carbocycles. The molecule has 2 fully saturated rings. The molecule has 0 saturated heterocycles. The van der Waals surface area contributed by atoms with Gasteiger partial charge in [-0.2, -0.15) is 0 Å². The van der Waals surface area contributed by atoms with Crippen LogP contribution in [0.2, 0.25) is 0 Å². The lowest BCUT2D eigenvalue weighted by molar-refractivity contribution is -0.145. The van der Waals surface area contributed by atoms with Gasteiger partial charge in [-0.05, 0) is 36.7 Å². The summed E-state index contributed by atoms with van der Waals surface area (Å²) in [6.45, 7) is 6.71. The molecule has 3 rings (SSSR count). The molecule has 2 atom stereocenters. The Labute approximate surface area is 126 Å². The SMILES string of the molecule is Cc1ccc(CNC(=O)C23CCC(CC2=O)C3(C)C)cc1.